The highest BCUT2D eigenvalue weighted by Crippen LogP contribution is 2.50. The molecule has 0 saturated carbocycles. The second-order valence-corrected chi connectivity index (χ2v) is 9.01. The van der Waals surface area contributed by atoms with E-state index in [-0.39, 0.29) is 0 Å². The summed E-state index contributed by atoms with van der Waals surface area (Å²) in [5, 5.41) is 2.13. The van der Waals surface area contributed by atoms with Crippen LogP contribution < -0.4 is 0 Å². The van der Waals surface area contributed by atoms with Gasteiger partial charge in [-0.15, -0.1) is 6.58 Å². The van der Waals surface area contributed by atoms with E-state index in [9.17, 15) is 0 Å². The predicted molar refractivity (Wildman–Crippen MR) is 116 cm³/mol. The molecule has 1 nitrogen and oxygen atoms in total. The molecule has 0 aliphatic carbocycles. The molecule has 0 radical (unpaired) electrons. The highest BCUT2D eigenvalue weighted by Gasteiger charge is 2.38. The molecule has 0 unspecified atom stereocenters. The van der Waals surface area contributed by atoms with Gasteiger partial charge in [-0.3, -0.25) is 0 Å². The summed E-state index contributed by atoms with van der Waals surface area (Å²) in [5.74, 6) is 0.396. The number of rotatable bonds is 6. The Morgan fingerprint density at radius 1 is 1.12 bits per heavy atom. The van der Waals surface area contributed by atoms with Crippen LogP contribution in [0.3, 0.4) is 0 Å². The van der Waals surface area contributed by atoms with Gasteiger partial charge in [0.15, 0.2) is 0 Å². The molecule has 3 atom stereocenters. The van der Waals surface area contributed by atoms with E-state index >= 15 is 0 Å². The van der Waals surface area contributed by atoms with Gasteiger partial charge >= 0.3 is 0 Å². The number of hydrogen-bond donors (Lipinski definition) is 0. The molecule has 1 aliphatic rings. The first-order valence-corrected chi connectivity index (χ1v) is 10.8. The van der Waals surface area contributed by atoms with E-state index in [0.717, 1.165) is 35.9 Å². The van der Waals surface area contributed by atoms with Crippen molar-refractivity contribution in [3.05, 3.63) is 82.4 Å². The zero-order valence-corrected chi connectivity index (χ0v) is 17.4. The molecule has 1 heterocycles. The first-order valence-electron chi connectivity index (χ1n) is 9.17. The molecule has 0 aromatic heterocycles. The van der Waals surface area contributed by atoms with Gasteiger partial charge in [0.1, 0.15) is 0 Å². The maximum absolute atomic E-state index is 6.32. The van der Waals surface area contributed by atoms with Crippen LogP contribution in [-0.4, -0.2) is 16.1 Å². The van der Waals surface area contributed by atoms with Crippen LogP contribution in [0.1, 0.15) is 49.3 Å². The van der Waals surface area contributed by atoms with Gasteiger partial charge in [0.2, 0.25) is 0 Å². The van der Waals surface area contributed by atoms with Crippen LogP contribution in [0.4, 0.5) is 0 Å². The molecule has 138 valence electrons. The van der Waals surface area contributed by atoms with Gasteiger partial charge in [-0.1, -0.05) is 72.4 Å². The van der Waals surface area contributed by atoms with E-state index in [1.54, 1.807) is 0 Å². The Balaban J connectivity index is 2.03. The van der Waals surface area contributed by atoms with Crippen molar-refractivity contribution in [2.45, 2.75) is 43.4 Å². The Morgan fingerprint density at radius 3 is 2.54 bits per heavy atom. The molecule has 2 aromatic rings. The number of nitrogens with zero attached hydrogens (tertiary/aromatic N) is 1. The molecule has 2 aromatic carbocycles. The van der Waals surface area contributed by atoms with Crippen molar-refractivity contribution in [1.29, 1.82) is 0 Å². The summed E-state index contributed by atoms with van der Waals surface area (Å²) in [6.07, 6.45) is 5.30. The maximum Gasteiger partial charge on any atom is 0.0521 e. The number of allylic oxidation sites excluding steroid dienone is 1. The zero-order valence-electron chi connectivity index (χ0n) is 15.1. The summed E-state index contributed by atoms with van der Waals surface area (Å²) >= 11 is 14.4. The van der Waals surface area contributed by atoms with Crippen molar-refractivity contribution >= 4 is 35.1 Å². The lowest BCUT2D eigenvalue weighted by Gasteiger charge is -2.44. The quantitative estimate of drug-likeness (QED) is 0.360. The Kier molecular flexibility index (Phi) is 7.11. The summed E-state index contributed by atoms with van der Waals surface area (Å²) in [6.45, 7) is 7.26. The van der Waals surface area contributed by atoms with Crippen LogP contribution in [0.5, 0.6) is 0 Å². The molecular weight excluding hydrogens is 381 g/mol. The third-order valence-electron chi connectivity index (χ3n) is 4.85. The summed E-state index contributed by atoms with van der Waals surface area (Å²) < 4.78 is 2.56. The lowest BCUT2D eigenvalue weighted by Crippen LogP contribution is -2.36. The van der Waals surface area contributed by atoms with Gasteiger partial charge in [-0.25, -0.2) is 4.31 Å². The third kappa shape index (κ3) is 4.67. The predicted octanol–water partition coefficient (Wildman–Crippen LogP) is 7.53. The van der Waals surface area contributed by atoms with Crippen molar-refractivity contribution < 1.29 is 0 Å². The van der Waals surface area contributed by atoms with E-state index < -0.39 is 0 Å². The molecule has 26 heavy (non-hydrogen) atoms. The fourth-order valence-electron chi connectivity index (χ4n) is 3.76. The Bertz CT molecular complexity index is 731. The van der Waals surface area contributed by atoms with Crippen LogP contribution in [-0.2, 0) is 0 Å². The number of benzene rings is 2. The van der Waals surface area contributed by atoms with Crippen molar-refractivity contribution in [2.24, 2.45) is 0 Å². The first kappa shape index (κ1) is 19.8. The highest BCUT2D eigenvalue weighted by molar-refractivity contribution is 7.97. The van der Waals surface area contributed by atoms with E-state index in [1.807, 2.05) is 36.2 Å². The molecule has 4 heteroatoms. The molecular formula is C22H25Cl2NS. The van der Waals surface area contributed by atoms with Gasteiger partial charge in [0.05, 0.1) is 6.04 Å². The summed E-state index contributed by atoms with van der Waals surface area (Å²) in [4.78, 5) is 0. The minimum atomic E-state index is 0.316. The van der Waals surface area contributed by atoms with E-state index in [0.29, 0.717) is 17.2 Å². The van der Waals surface area contributed by atoms with Gasteiger partial charge in [0.25, 0.3) is 0 Å². The average molecular weight is 406 g/mol. The standard InChI is InChI=1S/C22H25Cl2NS/c1-3-6-20-15-21(17-7-5-8-19(24)14-17)22(25(26-20)13-4-2)16-9-11-18(23)12-10-16/h3,5,7-12,14,20-22H,1,4,6,13,15H2,2H3/t20-,21+,22+/m0/s1. The van der Waals surface area contributed by atoms with E-state index in [2.05, 4.69) is 48.1 Å². The van der Waals surface area contributed by atoms with Crippen molar-refractivity contribution in [1.82, 2.24) is 4.31 Å². The molecule has 1 aliphatic heterocycles. The molecule has 1 saturated heterocycles. The summed E-state index contributed by atoms with van der Waals surface area (Å²) in [5.41, 5.74) is 2.63. The fraction of sp³-hybridized carbons (Fsp3) is 0.364. The van der Waals surface area contributed by atoms with Gasteiger partial charge in [-0.2, -0.15) is 0 Å². The highest BCUT2D eigenvalue weighted by atomic mass is 35.5. The molecule has 0 N–H and O–H groups in total. The van der Waals surface area contributed by atoms with E-state index in [1.165, 1.54) is 11.1 Å². The number of hydrogen-bond acceptors (Lipinski definition) is 2. The van der Waals surface area contributed by atoms with Gasteiger partial charge in [-0.05, 0) is 54.7 Å². The lowest BCUT2D eigenvalue weighted by atomic mass is 9.82. The Morgan fingerprint density at radius 2 is 1.88 bits per heavy atom. The fourth-order valence-corrected chi connectivity index (χ4v) is 5.68. The second-order valence-electron chi connectivity index (χ2n) is 6.79. The smallest absolute Gasteiger partial charge is 0.0521 e. The minimum Gasteiger partial charge on any atom is -0.242 e. The third-order valence-corrected chi connectivity index (χ3v) is 6.71. The average Bonchev–Trinajstić information content (AvgIpc) is 2.63. The monoisotopic (exact) mass is 405 g/mol. The van der Waals surface area contributed by atoms with Crippen LogP contribution in [0.2, 0.25) is 10.0 Å². The molecule has 3 rings (SSSR count). The lowest BCUT2D eigenvalue weighted by molar-refractivity contribution is 0.276. The molecule has 0 spiro atoms. The minimum absolute atomic E-state index is 0.316. The van der Waals surface area contributed by atoms with Crippen LogP contribution in [0, 0.1) is 0 Å². The zero-order chi connectivity index (χ0) is 18.5. The largest absolute Gasteiger partial charge is 0.242 e. The Hall–Kier alpha value is -0.930. The van der Waals surface area contributed by atoms with Crippen LogP contribution >= 0.6 is 35.1 Å². The second kappa shape index (κ2) is 9.32. The maximum atomic E-state index is 6.32. The summed E-state index contributed by atoms with van der Waals surface area (Å²) in [6, 6.07) is 17.0. The van der Waals surface area contributed by atoms with Crippen molar-refractivity contribution in [3.8, 4) is 0 Å². The normalized spacial score (nSPS) is 23.7. The van der Waals surface area contributed by atoms with Gasteiger partial charge in [0, 0.05) is 27.8 Å². The SMILES string of the molecule is C=CC[C@H]1C[C@H](c2cccc(Cl)c2)[C@@H](c2ccc(Cl)cc2)N(CCC)S1. The summed E-state index contributed by atoms with van der Waals surface area (Å²) in [7, 11) is 0. The van der Waals surface area contributed by atoms with Crippen LogP contribution in [0.25, 0.3) is 0 Å². The van der Waals surface area contributed by atoms with Gasteiger partial charge < -0.3 is 0 Å². The first-order chi connectivity index (χ1) is 12.6. The van der Waals surface area contributed by atoms with Crippen LogP contribution in [0.15, 0.2) is 61.2 Å². The molecule has 0 amide bonds. The molecule has 1 fully saturated rings. The van der Waals surface area contributed by atoms with Crippen molar-refractivity contribution in [2.75, 3.05) is 6.54 Å². The topological polar surface area (TPSA) is 3.24 Å². The number of halogens is 2. The van der Waals surface area contributed by atoms with E-state index in [4.69, 9.17) is 23.2 Å². The molecule has 0 bridgehead atoms. The Labute approximate surface area is 171 Å². The van der Waals surface area contributed by atoms with Crippen molar-refractivity contribution in [3.63, 3.8) is 0 Å².